The number of morpholine rings is 1. The number of nitriles is 1. The number of benzene rings is 1. The molecule has 3 aromatic rings. The lowest BCUT2D eigenvalue weighted by atomic mass is 9.88. The van der Waals surface area contributed by atoms with Crippen molar-refractivity contribution in [2.45, 2.75) is 5.92 Å². The first kappa shape index (κ1) is 20.5. The van der Waals surface area contributed by atoms with Gasteiger partial charge < -0.3 is 13.9 Å². The number of carbonyl (C=O) groups excluding carboxylic acids is 1. The fraction of sp³-hybridized carbons (Fsp3) is 0.261. The quantitative estimate of drug-likeness (QED) is 0.611. The van der Waals surface area contributed by atoms with E-state index >= 15 is 0 Å². The van der Waals surface area contributed by atoms with Crippen LogP contribution in [0, 0.1) is 11.3 Å². The molecule has 32 heavy (non-hydrogen) atoms. The molecule has 0 aliphatic carbocycles. The van der Waals surface area contributed by atoms with Crippen LogP contribution in [0.25, 0.3) is 11.0 Å². The van der Waals surface area contributed by atoms with Gasteiger partial charge in [0, 0.05) is 18.0 Å². The number of carbonyl (C=O) groups is 1. The third-order valence-corrected chi connectivity index (χ3v) is 6.43. The van der Waals surface area contributed by atoms with E-state index in [9.17, 15) is 14.9 Å². The Morgan fingerprint density at radius 1 is 1.22 bits per heavy atom. The van der Waals surface area contributed by atoms with Crippen LogP contribution in [-0.4, -0.2) is 43.7 Å². The Balaban J connectivity index is 1.59. The molecule has 1 atom stereocenters. The monoisotopic (exact) mass is 449 g/mol. The highest BCUT2D eigenvalue weighted by Gasteiger charge is 2.37. The first-order valence-corrected chi connectivity index (χ1v) is 11.0. The molecule has 5 rings (SSSR count). The summed E-state index contributed by atoms with van der Waals surface area (Å²) in [6, 6.07) is 12.9. The average Bonchev–Trinajstić information content (AvgIpc) is 3.33. The molecule has 2 aromatic heterocycles. The van der Waals surface area contributed by atoms with Gasteiger partial charge in [-0.3, -0.25) is 15.0 Å². The number of amides is 1. The van der Waals surface area contributed by atoms with E-state index in [0.717, 1.165) is 4.88 Å². The molecule has 0 spiro atoms. The molecule has 1 saturated heterocycles. The van der Waals surface area contributed by atoms with Crippen LogP contribution in [0.15, 0.2) is 62.4 Å². The van der Waals surface area contributed by atoms with Crippen LogP contribution in [0.2, 0.25) is 0 Å². The van der Waals surface area contributed by atoms with E-state index in [1.54, 1.807) is 18.2 Å². The lowest BCUT2D eigenvalue weighted by Crippen LogP contribution is -2.44. The summed E-state index contributed by atoms with van der Waals surface area (Å²) in [6.45, 7) is 2.62. The summed E-state index contributed by atoms with van der Waals surface area (Å²) in [5, 5.41) is 15.2. The fourth-order valence-electron chi connectivity index (χ4n) is 4.00. The minimum absolute atomic E-state index is 0.0485. The van der Waals surface area contributed by atoms with Crippen LogP contribution in [0.1, 0.15) is 16.4 Å². The molecule has 8 nitrogen and oxygen atoms in total. The van der Waals surface area contributed by atoms with Crippen molar-refractivity contribution in [3.05, 3.63) is 74.1 Å². The molecular formula is C23H19N3O5S. The van der Waals surface area contributed by atoms with Gasteiger partial charge in [0.1, 0.15) is 17.2 Å². The second kappa shape index (κ2) is 8.59. The largest absolute Gasteiger partial charge is 0.438 e. The highest BCUT2D eigenvalue weighted by molar-refractivity contribution is 7.10. The van der Waals surface area contributed by atoms with Crippen LogP contribution in [0.4, 0.5) is 0 Å². The van der Waals surface area contributed by atoms with E-state index < -0.39 is 11.5 Å². The molecular weight excluding hydrogens is 430 g/mol. The molecule has 2 aliphatic rings. The van der Waals surface area contributed by atoms with Crippen molar-refractivity contribution in [2.75, 3.05) is 32.8 Å². The van der Waals surface area contributed by atoms with Crippen LogP contribution in [-0.2, 0) is 9.53 Å². The Morgan fingerprint density at radius 2 is 2.03 bits per heavy atom. The molecule has 0 bridgehead atoms. The van der Waals surface area contributed by atoms with E-state index in [0.29, 0.717) is 43.0 Å². The molecule has 0 saturated carbocycles. The summed E-state index contributed by atoms with van der Waals surface area (Å²) in [7, 11) is 0. The number of nitrogens with zero attached hydrogens (tertiary/aromatic N) is 2. The van der Waals surface area contributed by atoms with Crippen molar-refractivity contribution < 1.29 is 18.7 Å². The predicted molar refractivity (Wildman–Crippen MR) is 117 cm³/mol. The van der Waals surface area contributed by atoms with E-state index in [1.807, 2.05) is 28.5 Å². The smallest absolute Gasteiger partial charge is 0.344 e. The minimum Gasteiger partial charge on any atom is -0.438 e. The Kier molecular flexibility index (Phi) is 5.49. The Labute approximate surface area is 187 Å². The van der Waals surface area contributed by atoms with Crippen LogP contribution in [0.5, 0.6) is 5.75 Å². The maximum Gasteiger partial charge on any atom is 0.344 e. The Morgan fingerprint density at radius 3 is 2.78 bits per heavy atom. The molecule has 0 radical (unpaired) electrons. The van der Waals surface area contributed by atoms with Crippen molar-refractivity contribution in [2.24, 2.45) is 0 Å². The number of thiophene rings is 1. The van der Waals surface area contributed by atoms with Crippen molar-refractivity contribution in [3.8, 4) is 11.8 Å². The second-order valence-electron chi connectivity index (χ2n) is 7.47. The third kappa shape index (κ3) is 3.69. The van der Waals surface area contributed by atoms with Gasteiger partial charge in [0.15, 0.2) is 5.75 Å². The van der Waals surface area contributed by atoms with Gasteiger partial charge in [-0.1, -0.05) is 18.2 Å². The van der Waals surface area contributed by atoms with E-state index in [2.05, 4.69) is 11.4 Å². The van der Waals surface area contributed by atoms with Crippen LogP contribution in [0.3, 0.4) is 0 Å². The lowest BCUT2D eigenvalue weighted by Gasteiger charge is -2.28. The summed E-state index contributed by atoms with van der Waals surface area (Å²) < 4.78 is 16.9. The van der Waals surface area contributed by atoms with Gasteiger partial charge in [0.05, 0.1) is 36.6 Å². The van der Waals surface area contributed by atoms with Gasteiger partial charge in [-0.05, 0) is 23.6 Å². The fourth-order valence-corrected chi connectivity index (χ4v) is 4.85. The van der Waals surface area contributed by atoms with Gasteiger partial charge in [-0.15, -0.1) is 11.3 Å². The highest BCUT2D eigenvalue weighted by Crippen LogP contribution is 2.44. The zero-order chi connectivity index (χ0) is 22.1. The SMILES string of the molecule is N#CC1=C(NC(=O)CN2CCOCC2)Oc2c(c(=O)oc3ccccc23)C1c1cccs1. The molecule has 1 unspecified atom stereocenters. The van der Waals surface area contributed by atoms with Gasteiger partial charge in [0.2, 0.25) is 11.8 Å². The van der Waals surface area contributed by atoms with Gasteiger partial charge in [-0.25, -0.2) is 4.79 Å². The van der Waals surface area contributed by atoms with E-state index in [-0.39, 0.29) is 29.5 Å². The van der Waals surface area contributed by atoms with Crippen LogP contribution < -0.4 is 15.7 Å². The van der Waals surface area contributed by atoms with Crippen LogP contribution >= 0.6 is 11.3 Å². The Bertz CT molecular complexity index is 1300. The maximum atomic E-state index is 13.0. The number of hydrogen-bond acceptors (Lipinski definition) is 8. The first-order chi connectivity index (χ1) is 15.7. The van der Waals surface area contributed by atoms with E-state index in [4.69, 9.17) is 13.9 Å². The molecule has 162 valence electrons. The highest BCUT2D eigenvalue weighted by atomic mass is 32.1. The molecule has 1 aromatic carbocycles. The topological polar surface area (TPSA) is 105 Å². The number of ether oxygens (including phenoxy) is 2. The maximum absolute atomic E-state index is 13.0. The van der Waals surface area contributed by atoms with Crippen molar-refractivity contribution in [1.82, 2.24) is 10.2 Å². The predicted octanol–water partition coefficient (Wildman–Crippen LogP) is 2.56. The summed E-state index contributed by atoms with van der Waals surface area (Å²) in [4.78, 5) is 28.5. The van der Waals surface area contributed by atoms with E-state index in [1.165, 1.54) is 11.3 Å². The number of hydrogen-bond donors (Lipinski definition) is 1. The molecule has 1 N–H and O–H groups in total. The second-order valence-corrected chi connectivity index (χ2v) is 8.45. The number of fused-ring (bicyclic) bond motifs is 3. The Hall–Kier alpha value is -3.45. The van der Waals surface area contributed by atoms with Gasteiger partial charge >= 0.3 is 5.63 Å². The summed E-state index contributed by atoms with van der Waals surface area (Å²) in [5.41, 5.74) is 0.232. The standard InChI is InChI=1S/C23H19N3O5S/c24-12-15-19(17-6-3-11-32-17)20-21(14-4-1-2-5-16(14)30-23(20)28)31-22(15)25-18(27)13-26-7-9-29-10-8-26/h1-6,11,19H,7-10,13H2,(H,25,27). The average molecular weight is 449 g/mol. The molecule has 1 fully saturated rings. The summed E-state index contributed by atoms with van der Waals surface area (Å²) >= 11 is 1.42. The van der Waals surface area contributed by atoms with Crippen molar-refractivity contribution >= 4 is 28.2 Å². The molecule has 4 heterocycles. The lowest BCUT2D eigenvalue weighted by molar-refractivity contribution is -0.123. The zero-order valence-corrected chi connectivity index (χ0v) is 17.8. The van der Waals surface area contributed by atoms with Gasteiger partial charge in [0.25, 0.3) is 0 Å². The number of nitrogens with one attached hydrogen (secondary N) is 1. The van der Waals surface area contributed by atoms with Crippen molar-refractivity contribution in [1.29, 1.82) is 5.26 Å². The molecule has 1 amide bonds. The third-order valence-electron chi connectivity index (χ3n) is 5.50. The first-order valence-electron chi connectivity index (χ1n) is 10.2. The summed E-state index contributed by atoms with van der Waals surface area (Å²) in [6.07, 6.45) is 0. The molecule has 2 aliphatic heterocycles. The zero-order valence-electron chi connectivity index (χ0n) is 17.0. The molecule has 9 heteroatoms. The number of para-hydroxylation sites is 1. The minimum atomic E-state index is -0.691. The number of rotatable bonds is 4. The number of allylic oxidation sites excluding steroid dienone is 1. The normalized spacial score (nSPS) is 18.7. The van der Waals surface area contributed by atoms with Gasteiger partial charge in [-0.2, -0.15) is 5.26 Å². The van der Waals surface area contributed by atoms with Crippen molar-refractivity contribution in [3.63, 3.8) is 0 Å². The summed E-state index contributed by atoms with van der Waals surface area (Å²) in [5.74, 6) is -0.637.